The van der Waals surface area contributed by atoms with Crippen molar-refractivity contribution in [2.24, 2.45) is 0 Å². The van der Waals surface area contributed by atoms with Gasteiger partial charge in [-0.2, -0.15) is 0 Å². The predicted molar refractivity (Wildman–Crippen MR) is 78.1 cm³/mol. The van der Waals surface area contributed by atoms with Crippen LogP contribution in [0.25, 0.3) is 0 Å². The molecule has 0 aliphatic carbocycles. The minimum atomic E-state index is 0.673. The van der Waals surface area contributed by atoms with Gasteiger partial charge < -0.3 is 4.98 Å². The SMILES string of the molecule is S=c1[nH]c(CSc2ccc(Cl)cc2)ncc1Br. The van der Waals surface area contributed by atoms with Gasteiger partial charge in [-0.15, -0.1) is 11.8 Å². The van der Waals surface area contributed by atoms with Gasteiger partial charge in [-0.1, -0.05) is 23.8 Å². The summed E-state index contributed by atoms with van der Waals surface area (Å²) in [5, 5.41) is 0.746. The molecular formula is C11H8BrClN2S2. The van der Waals surface area contributed by atoms with E-state index < -0.39 is 0 Å². The summed E-state index contributed by atoms with van der Waals surface area (Å²) in [7, 11) is 0. The van der Waals surface area contributed by atoms with Crippen molar-refractivity contribution in [1.29, 1.82) is 0 Å². The van der Waals surface area contributed by atoms with Gasteiger partial charge >= 0.3 is 0 Å². The molecule has 0 saturated carbocycles. The molecule has 0 spiro atoms. The van der Waals surface area contributed by atoms with Crippen molar-refractivity contribution in [2.75, 3.05) is 0 Å². The molecule has 88 valence electrons. The average molecular weight is 348 g/mol. The van der Waals surface area contributed by atoms with E-state index in [0.29, 0.717) is 4.64 Å². The fourth-order valence-corrected chi connectivity index (χ4v) is 2.45. The summed E-state index contributed by atoms with van der Waals surface area (Å²) < 4.78 is 1.49. The van der Waals surface area contributed by atoms with Gasteiger partial charge in [0.1, 0.15) is 10.5 Å². The molecule has 2 aromatic rings. The number of nitrogens with one attached hydrogen (secondary N) is 1. The van der Waals surface area contributed by atoms with Crippen molar-refractivity contribution in [3.8, 4) is 0 Å². The average Bonchev–Trinajstić information content (AvgIpc) is 2.33. The summed E-state index contributed by atoms with van der Waals surface area (Å²) in [4.78, 5) is 8.47. The number of benzene rings is 1. The lowest BCUT2D eigenvalue weighted by atomic mass is 10.4. The van der Waals surface area contributed by atoms with Crippen LogP contribution in [0, 0.1) is 4.64 Å². The Bertz CT molecular complexity index is 568. The van der Waals surface area contributed by atoms with Crippen LogP contribution < -0.4 is 0 Å². The van der Waals surface area contributed by atoms with Crippen LogP contribution >= 0.6 is 51.5 Å². The molecule has 1 aromatic heterocycles. The van der Waals surface area contributed by atoms with Crippen LogP contribution in [0.4, 0.5) is 0 Å². The second kappa shape index (κ2) is 6.00. The van der Waals surface area contributed by atoms with Crippen LogP contribution in [0.15, 0.2) is 39.8 Å². The number of nitrogens with zero attached hydrogens (tertiary/aromatic N) is 1. The van der Waals surface area contributed by atoms with Gasteiger partial charge in [0, 0.05) is 16.1 Å². The summed E-state index contributed by atoms with van der Waals surface area (Å²) in [6, 6.07) is 7.73. The Balaban J connectivity index is 2.04. The molecular weight excluding hydrogens is 340 g/mol. The van der Waals surface area contributed by atoms with Gasteiger partial charge in [0.15, 0.2) is 0 Å². The Morgan fingerprint density at radius 2 is 2.06 bits per heavy atom. The Morgan fingerprint density at radius 1 is 1.35 bits per heavy atom. The summed E-state index contributed by atoms with van der Waals surface area (Å²) in [6.07, 6.45) is 1.72. The molecule has 0 atom stereocenters. The molecule has 17 heavy (non-hydrogen) atoms. The zero-order chi connectivity index (χ0) is 12.3. The molecule has 0 amide bonds. The summed E-state index contributed by atoms with van der Waals surface area (Å²) in [5.41, 5.74) is 0. The fraction of sp³-hybridized carbons (Fsp3) is 0.0909. The van der Waals surface area contributed by atoms with Crippen LogP contribution in [-0.4, -0.2) is 9.97 Å². The second-order valence-electron chi connectivity index (χ2n) is 3.25. The highest BCUT2D eigenvalue weighted by Crippen LogP contribution is 2.23. The standard InChI is InChI=1S/C11H8BrClN2S2/c12-9-5-14-10(15-11(9)16)6-17-8-3-1-7(13)2-4-8/h1-5H,6H2,(H,14,15,16). The van der Waals surface area contributed by atoms with Crippen molar-refractivity contribution in [1.82, 2.24) is 9.97 Å². The largest absolute Gasteiger partial charge is 0.333 e. The van der Waals surface area contributed by atoms with Crippen molar-refractivity contribution >= 4 is 51.5 Å². The lowest BCUT2D eigenvalue weighted by molar-refractivity contribution is 1.01. The normalized spacial score (nSPS) is 10.5. The Morgan fingerprint density at radius 3 is 2.71 bits per heavy atom. The van der Waals surface area contributed by atoms with Crippen molar-refractivity contribution in [3.63, 3.8) is 0 Å². The van der Waals surface area contributed by atoms with E-state index in [2.05, 4.69) is 25.9 Å². The summed E-state index contributed by atoms with van der Waals surface area (Å²) >= 11 is 15.9. The molecule has 1 N–H and O–H groups in total. The molecule has 0 saturated heterocycles. The first-order valence-electron chi connectivity index (χ1n) is 4.77. The maximum atomic E-state index is 5.82. The maximum absolute atomic E-state index is 5.82. The molecule has 0 unspecified atom stereocenters. The number of hydrogen-bond donors (Lipinski definition) is 1. The molecule has 0 radical (unpaired) electrons. The molecule has 0 aliphatic rings. The summed E-state index contributed by atoms with van der Waals surface area (Å²) in [6.45, 7) is 0. The van der Waals surface area contributed by atoms with Crippen molar-refractivity contribution < 1.29 is 0 Å². The van der Waals surface area contributed by atoms with Crippen molar-refractivity contribution in [3.05, 3.63) is 50.4 Å². The maximum Gasteiger partial charge on any atom is 0.120 e. The Hall–Kier alpha value is -0.360. The topological polar surface area (TPSA) is 28.7 Å². The molecule has 1 aromatic carbocycles. The zero-order valence-corrected chi connectivity index (χ0v) is 12.6. The van der Waals surface area contributed by atoms with E-state index in [4.69, 9.17) is 23.8 Å². The van der Waals surface area contributed by atoms with Crippen LogP contribution in [0.1, 0.15) is 5.82 Å². The number of H-pyrrole nitrogens is 1. The number of rotatable bonds is 3. The lowest BCUT2D eigenvalue weighted by Crippen LogP contribution is -1.92. The molecule has 1 heterocycles. The number of hydrogen-bond acceptors (Lipinski definition) is 3. The van der Waals surface area contributed by atoms with Crippen LogP contribution in [0.5, 0.6) is 0 Å². The number of aromatic amines is 1. The number of thioether (sulfide) groups is 1. The van der Waals surface area contributed by atoms with E-state index in [1.165, 1.54) is 0 Å². The fourth-order valence-electron chi connectivity index (χ4n) is 1.17. The molecule has 2 rings (SSSR count). The third-order valence-corrected chi connectivity index (χ3v) is 4.46. The monoisotopic (exact) mass is 346 g/mol. The van der Waals surface area contributed by atoms with E-state index in [0.717, 1.165) is 26.0 Å². The molecule has 0 fully saturated rings. The first-order valence-corrected chi connectivity index (χ1v) is 7.34. The first kappa shape index (κ1) is 13.1. The van der Waals surface area contributed by atoms with Crippen molar-refractivity contribution in [2.45, 2.75) is 10.6 Å². The highest BCUT2D eigenvalue weighted by atomic mass is 79.9. The van der Waals surface area contributed by atoms with E-state index in [1.807, 2.05) is 24.3 Å². The number of aromatic nitrogens is 2. The van der Waals surface area contributed by atoms with E-state index in [9.17, 15) is 0 Å². The van der Waals surface area contributed by atoms with Gasteiger partial charge in [0.05, 0.1) is 10.2 Å². The van der Waals surface area contributed by atoms with Gasteiger partial charge in [0.25, 0.3) is 0 Å². The minimum Gasteiger partial charge on any atom is -0.333 e. The third-order valence-electron chi connectivity index (χ3n) is 2.00. The molecule has 0 bridgehead atoms. The van der Waals surface area contributed by atoms with Crippen LogP contribution in [0.2, 0.25) is 5.02 Å². The molecule has 6 heteroatoms. The smallest absolute Gasteiger partial charge is 0.120 e. The Labute approximate surface area is 122 Å². The van der Waals surface area contributed by atoms with Crippen LogP contribution in [-0.2, 0) is 5.75 Å². The minimum absolute atomic E-state index is 0.673. The molecule has 0 aliphatic heterocycles. The van der Waals surface area contributed by atoms with Crippen LogP contribution in [0.3, 0.4) is 0 Å². The lowest BCUT2D eigenvalue weighted by Gasteiger charge is -2.02. The van der Waals surface area contributed by atoms with E-state index >= 15 is 0 Å². The summed E-state index contributed by atoms with van der Waals surface area (Å²) in [5.74, 6) is 1.61. The van der Waals surface area contributed by atoms with Gasteiger partial charge in [-0.25, -0.2) is 4.98 Å². The first-order chi connectivity index (χ1) is 8.15. The zero-order valence-electron chi connectivity index (χ0n) is 8.61. The van der Waals surface area contributed by atoms with E-state index in [1.54, 1.807) is 18.0 Å². The Kier molecular flexibility index (Phi) is 4.62. The highest BCUT2D eigenvalue weighted by molar-refractivity contribution is 9.10. The third kappa shape index (κ3) is 3.81. The van der Waals surface area contributed by atoms with E-state index in [-0.39, 0.29) is 0 Å². The van der Waals surface area contributed by atoms with Gasteiger partial charge in [-0.3, -0.25) is 0 Å². The predicted octanol–water partition coefficient (Wildman–Crippen LogP) is 4.85. The van der Waals surface area contributed by atoms with Gasteiger partial charge in [0.2, 0.25) is 0 Å². The number of halogens is 2. The highest BCUT2D eigenvalue weighted by Gasteiger charge is 1.99. The second-order valence-corrected chi connectivity index (χ2v) is 6.00. The van der Waals surface area contributed by atoms with Gasteiger partial charge in [-0.05, 0) is 40.2 Å². The molecule has 2 nitrogen and oxygen atoms in total. The quantitative estimate of drug-likeness (QED) is 0.635.